The van der Waals surface area contributed by atoms with Crippen LogP contribution in [0, 0.1) is 0 Å². The van der Waals surface area contributed by atoms with Gasteiger partial charge in [0.05, 0.1) is 31.2 Å². The van der Waals surface area contributed by atoms with Crippen LogP contribution in [0.5, 0.6) is 0 Å². The zero-order valence-corrected chi connectivity index (χ0v) is 10.7. The molecule has 1 fully saturated rings. The first-order valence-corrected chi connectivity index (χ1v) is 6.40. The van der Waals surface area contributed by atoms with Crippen molar-refractivity contribution >= 4 is 11.5 Å². The number of anilines is 2. The molecule has 2 aromatic rings. The minimum absolute atomic E-state index is 0.675. The molecule has 0 spiro atoms. The fraction of sp³-hybridized carbons (Fsp3) is 0.286. The Balaban J connectivity index is 2.04. The summed E-state index contributed by atoms with van der Waals surface area (Å²) in [5.74, 6) is 1.01. The van der Waals surface area contributed by atoms with Crippen LogP contribution in [0.15, 0.2) is 42.6 Å². The molecule has 0 radical (unpaired) electrons. The van der Waals surface area contributed by atoms with Crippen LogP contribution < -0.4 is 15.3 Å². The summed E-state index contributed by atoms with van der Waals surface area (Å²) in [5, 5.41) is 4.43. The molecule has 1 aromatic heterocycles. The summed E-state index contributed by atoms with van der Waals surface area (Å²) in [5.41, 5.74) is 7.58. The molecule has 0 bridgehead atoms. The third kappa shape index (κ3) is 2.51. The van der Waals surface area contributed by atoms with Gasteiger partial charge in [-0.2, -0.15) is 0 Å². The van der Waals surface area contributed by atoms with Crippen molar-refractivity contribution in [3.05, 3.63) is 42.6 Å². The number of hydrogen-bond acceptors (Lipinski definition) is 4. The normalized spacial score (nSPS) is 15.5. The Bertz CT molecular complexity index is 553. The fourth-order valence-electron chi connectivity index (χ4n) is 2.22. The van der Waals surface area contributed by atoms with Gasteiger partial charge in [-0.1, -0.05) is 28.0 Å². The Labute approximate surface area is 112 Å². The van der Waals surface area contributed by atoms with Crippen LogP contribution in [0.1, 0.15) is 0 Å². The van der Waals surface area contributed by atoms with Crippen molar-refractivity contribution in [2.24, 2.45) is 0 Å². The molecule has 0 amide bonds. The van der Waals surface area contributed by atoms with E-state index in [0.29, 0.717) is 5.69 Å². The summed E-state index contributed by atoms with van der Waals surface area (Å²) in [6.45, 7) is 3.20. The van der Waals surface area contributed by atoms with E-state index in [1.807, 2.05) is 41.1 Å². The quantitative estimate of drug-likeness (QED) is 0.808. The minimum atomic E-state index is 0.675. The van der Waals surface area contributed by atoms with Crippen molar-refractivity contribution in [3.63, 3.8) is 0 Å². The van der Waals surface area contributed by atoms with E-state index in [-0.39, 0.29) is 0 Å². The van der Waals surface area contributed by atoms with Gasteiger partial charge in [0.25, 0.3) is 0 Å². The Morgan fingerprint density at radius 3 is 2.63 bits per heavy atom. The topological polar surface area (TPSA) is 55.3 Å². The first-order chi connectivity index (χ1) is 9.34. The van der Waals surface area contributed by atoms with E-state index in [1.165, 1.54) is 0 Å². The second kappa shape index (κ2) is 5.24. The number of aromatic nitrogens is 2. The average Bonchev–Trinajstić information content (AvgIpc) is 2.49. The maximum atomic E-state index is 5.88. The van der Waals surface area contributed by atoms with Gasteiger partial charge in [0, 0.05) is 0 Å². The van der Waals surface area contributed by atoms with Gasteiger partial charge in [0.15, 0.2) is 5.69 Å². The van der Waals surface area contributed by atoms with E-state index >= 15 is 0 Å². The molecular formula is C14H17N4O+. The summed E-state index contributed by atoms with van der Waals surface area (Å²) in [7, 11) is 0. The van der Waals surface area contributed by atoms with Gasteiger partial charge in [0.2, 0.25) is 0 Å². The van der Waals surface area contributed by atoms with Crippen molar-refractivity contribution in [1.29, 1.82) is 0 Å². The van der Waals surface area contributed by atoms with Crippen molar-refractivity contribution in [2.75, 3.05) is 36.9 Å². The number of rotatable bonds is 2. The van der Waals surface area contributed by atoms with Gasteiger partial charge in [-0.05, 0) is 12.1 Å². The van der Waals surface area contributed by atoms with E-state index in [4.69, 9.17) is 10.5 Å². The highest BCUT2D eigenvalue weighted by Gasteiger charge is 2.24. The summed E-state index contributed by atoms with van der Waals surface area (Å²) in [6.07, 6.45) is 1.68. The van der Waals surface area contributed by atoms with Crippen molar-refractivity contribution in [3.8, 4) is 5.69 Å². The van der Waals surface area contributed by atoms with Gasteiger partial charge in [0.1, 0.15) is 13.1 Å². The van der Waals surface area contributed by atoms with E-state index < -0.39 is 0 Å². The minimum Gasteiger partial charge on any atom is -0.397 e. The summed E-state index contributed by atoms with van der Waals surface area (Å²) < 4.78 is 7.31. The van der Waals surface area contributed by atoms with E-state index in [9.17, 15) is 0 Å². The van der Waals surface area contributed by atoms with Gasteiger partial charge >= 0.3 is 5.82 Å². The highest BCUT2D eigenvalue weighted by molar-refractivity contribution is 5.46. The predicted octanol–water partition coefficient (Wildman–Crippen LogP) is 0.777. The molecule has 19 heavy (non-hydrogen) atoms. The van der Waals surface area contributed by atoms with E-state index in [0.717, 1.165) is 37.8 Å². The van der Waals surface area contributed by atoms with Crippen molar-refractivity contribution < 1.29 is 9.42 Å². The Morgan fingerprint density at radius 2 is 1.89 bits per heavy atom. The summed E-state index contributed by atoms with van der Waals surface area (Å²) in [4.78, 5) is 2.25. The SMILES string of the molecule is Nc1cn[n+](-c2ccccc2)c(N2CCOCC2)c1. The third-order valence-corrected chi connectivity index (χ3v) is 3.17. The molecule has 5 nitrogen and oxygen atoms in total. The van der Waals surface area contributed by atoms with Gasteiger partial charge in [-0.15, -0.1) is 0 Å². The number of ether oxygens (including phenoxy) is 1. The zero-order chi connectivity index (χ0) is 13.1. The largest absolute Gasteiger partial charge is 0.397 e. The summed E-state index contributed by atoms with van der Waals surface area (Å²) >= 11 is 0. The second-order valence-corrected chi connectivity index (χ2v) is 4.49. The van der Waals surface area contributed by atoms with Crippen LogP contribution in [-0.4, -0.2) is 31.4 Å². The summed E-state index contributed by atoms with van der Waals surface area (Å²) in [6, 6.07) is 12.0. The smallest absolute Gasteiger partial charge is 0.304 e. The molecule has 2 N–H and O–H groups in total. The first-order valence-electron chi connectivity index (χ1n) is 6.40. The molecule has 0 unspecified atom stereocenters. The van der Waals surface area contributed by atoms with E-state index in [2.05, 4.69) is 10.00 Å². The van der Waals surface area contributed by atoms with Crippen molar-refractivity contribution in [2.45, 2.75) is 0 Å². The lowest BCUT2D eigenvalue weighted by atomic mass is 10.3. The van der Waals surface area contributed by atoms with Crippen LogP contribution in [0.2, 0.25) is 0 Å². The highest BCUT2D eigenvalue weighted by atomic mass is 16.5. The first kappa shape index (κ1) is 11.9. The van der Waals surface area contributed by atoms with Gasteiger partial charge < -0.3 is 10.5 Å². The number of nitrogen functional groups attached to an aromatic ring is 1. The molecule has 1 aromatic carbocycles. The van der Waals surface area contributed by atoms with Crippen LogP contribution in [0.4, 0.5) is 11.5 Å². The van der Waals surface area contributed by atoms with Crippen LogP contribution in [-0.2, 0) is 4.74 Å². The van der Waals surface area contributed by atoms with Gasteiger partial charge in [-0.25, -0.2) is 0 Å². The molecule has 0 atom stereocenters. The molecule has 0 aliphatic carbocycles. The fourth-order valence-corrected chi connectivity index (χ4v) is 2.22. The molecule has 98 valence electrons. The van der Waals surface area contributed by atoms with Crippen LogP contribution in [0.3, 0.4) is 0 Å². The lowest BCUT2D eigenvalue weighted by molar-refractivity contribution is -0.647. The zero-order valence-electron chi connectivity index (χ0n) is 10.7. The Kier molecular flexibility index (Phi) is 3.29. The maximum Gasteiger partial charge on any atom is 0.304 e. The second-order valence-electron chi connectivity index (χ2n) is 4.49. The molecule has 1 saturated heterocycles. The molecule has 1 aliphatic heterocycles. The lowest BCUT2D eigenvalue weighted by Crippen LogP contribution is -2.47. The number of nitrogens with zero attached hydrogens (tertiary/aromatic N) is 3. The maximum absolute atomic E-state index is 5.88. The predicted molar refractivity (Wildman–Crippen MR) is 73.2 cm³/mol. The average molecular weight is 257 g/mol. The van der Waals surface area contributed by atoms with Crippen LogP contribution in [0.25, 0.3) is 5.69 Å². The van der Waals surface area contributed by atoms with Crippen LogP contribution >= 0.6 is 0 Å². The number of hydrogen-bond donors (Lipinski definition) is 1. The Morgan fingerprint density at radius 1 is 1.16 bits per heavy atom. The van der Waals surface area contributed by atoms with E-state index in [1.54, 1.807) is 6.20 Å². The molecule has 0 saturated carbocycles. The number of benzene rings is 1. The highest BCUT2D eigenvalue weighted by Crippen LogP contribution is 2.15. The monoisotopic (exact) mass is 257 g/mol. The molecule has 5 heteroatoms. The van der Waals surface area contributed by atoms with Crippen molar-refractivity contribution in [1.82, 2.24) is 5.10 Å². The molecular weight excluding hydrogens is 240 g/mol. The molecule has 1 aliphatic rings. The lowest BCUT2D eigenvalue weighted by Gasteiger charge is -2.22. The number of nitrogens with two attached hydrogens (primary N) is 1. The standard InChI is InChI=1S/C14H16N4O/c15-12-10-14(17-6-8-19-9-7-17)18(16-11-12)13-4-2-1-3-5-13/h1-5,10-11,15H,6-9H2/p+1. The number of morpholine rings is 1. The Hall–Kier alpha value is -2.14. The van der Waals surface area contributed by atoms with Gasteiger partial charge in [-0.3, -0.25) is 4.90 Å². The molecule has 2 heterocycles. The molecule has 3 rings (SSSR count). The number of para-hydroxylation sites is 1. The third-order valence-electron chi connectivity index (χ3n) is 3.17.